The summed E-state index contributed by atoms with van der Waals surface area (Å²) in [7, 11) is 0. The lowest BCUT2D eigenvalue weighted by molar-refractivity contribution is 0.0941. The van der Waals surface area contributed by atoms with Crippen LogP contribution in [0.5, 0.6) is 0 Å². The molecule has 16 heavy (non-hydrogen) atoms. The van der Waals surface area contributed by atoms with E-state index in [9.17, 15) is 9.59 Å². The maximum Gasteiger partial charge on any atom is 0.268 e. The Bertz CT molecular complexity index is 455. The van der Waals surface area contributed by atoms with Crippen molar-refractivity contribution in [2.75, 3.05) is 0 Å². The van der Waals surface area contributed by atoms with Crippen LogP contribution in [0.15, 0.2) is 23.0 Å². The molecule has 1 aromatic rings. The quantitative estimate of drug-likeness (QED) is 0.653. The van der Waals surface area contributed by atoms with E-state index in [0.29, 0.717) is 6.42 Å². The predicted molar refractivity (Wildman–Crippen MR) is 65.4 cm³/mol. The summed E-state index contributed by atoms with van der Waals surface area (Å²) in [5, 5.41) is 2.63. The molecule has 0 fully saturated rings. The van der Waals surface area contributed by atoms with E-state index in [0.717, 1.165) is 0 Å². The summed E-state index contributed by atoms with van der Waals surface area (Å²) in [6.45, 7) is 1.86. The van der Waals surface area contributed by atoms with Crippen molar-refractivity contribution in [3.8, 4) is 0 Å². The second-order valence-corrected chi connectivity index (χ2v) is 3.74. The first-order chi connectivity index (χ1) is 7.54. The Kier molecular flexibility index (Phi) is 4.19. The van der Waals surface area contributed by atoms with Gasteiger partial charge in [0.25, 0.3) is 5.91 Å². The van der Waals surface area contributed by atoms with Gasteiger partial charge in [0.15, 0.2) is 0 Å². The van der Waals surface area contributed by atoms with Gasteiger partial charge in [-0.15, -0.1) is 0 Å². The van der Waals surface area contributed by atoms with Gasteiger partial charge in [-0.3, -0.25) is 9.59 Å². The van der Waals surface area contributed by atoms with E-state index in [-0.39, 0.29) is 22.3 Å². The van der Waals surface area contributed by atoms with Crippen LogP contribution in [0.3, 0.4) is 0 Å². The fourth-order valence-corrected chi connectivity index (χ4v) is 1.42. The van der Waals surface area contributed by atoms with Gasteiger partial charge in [0.2, 0.25) is 5.56 Å². The highest BCUT2D eigenvalue weighted by molar-refractivity contribution is 7.80. The lowest BCUT2D eigenvalue weighted by atomic mass is 10.2. The summed E-state index contributed by atoms with van der Waals surface area (Å²) in [5.74, 6) is -0.391. The molecule has 5 nitrogen and oxygen atoms in total. The third-order valence-corrected chi connectivity index (χ3v) is 2.35. The van der Waals surface area contributed by atoms with Gasteiger partial charge in [0.05, 0.1) is 11.0 Å². The maximum absolute atomic E-state index is 11.7. The minimum absolute atomic E-state index is 0.196. The topological polar surface area (TPSA) is 88.0 Å². The van der Waals surface area contributed by atoms with Gasteiger partial charge in [0.1, 0.15) is 5.69 Å². The highest BCUT2D eigenvalue weighted by Crippen LogP contribution is 1.96. The molecular weight excluding hydrogens is 226 g/mol. The molecule has 1 atom stereocenters. The zero-order valence-corrected chi connectivity index (χ0v) is 9.64. The lowest BCUT2D eigenvalue weighted by Gasteiger charge is -2.14. The van der Waals surface area contributed by atoms with Crippen molar-refractivity contribution >= 4 is 23.1 Å². The first-order valence-corrected chi connectivity index (χ1v) is 5.25. The number of carbonyl (C=O) groups excluding carboxylic acids is 1. The van der Waals surface area contributed by atoms with Crippen molar-refractivity contribution < 1.29 is 4.79 Å². The first kappa shape index (κ1) is 12.4. The molecule has 4 N–H and O–H groups in total. The molecule has 0 spiro atoms. The molecule has 1 unspecified atom stereocenters. The third-order valence-electron chi connectivity index (χ3n) is 2.07. The van der Waals surface area contributed by atoms with E-state index in [2.05, 4.69) is 10.3 Å². The number of thiocarbonyl (C=S) groups is 1. The Balaban J connectivity index is 2.79. The molecular formula is C10H13N3O2S. The molecule has 0 radical (unpaired) electrons. The molecule has 6 heteroatoms. The lowest BCUT2D eigenvalue weighted by Crippen LogP contribution is -2.43. The maximum atomic E-state index is 11.7. The zero-order valence-electron chi connectivity index (χ0n) is 8.82. The Labute approximate surface area is 98.0 Å². The van der Waals surface area contributed by atoms with E-state index in [1.807, 2.05) is 6.92 Å². The number of hydrogen-bond donors (Lipinski definition) is 3. The van der Waals surface area contributed by atoms with Crippen LogP contribution in [0.25, 0.3) is 0 Å². The van der Waals surface area contributed by atoms with E-state index < -0.39 is 5.91 Å². The molecule has 0 saturated heterocycles. The number of aromatic nitrogens is 1. The van der Waals surface area contributed by atoms with Crippen molar-refractivity contribution in [1.29, 1.82) is 0 Å². The highest BCUT2D eigenvalue weighted by atomic mass is 32.1. The van der Waals surface area contributed by atoms with Crippen LogP contribution in [0, 0.1) is 0 Å². The number of amides is 1. The van der Waals surface area contributed by atoms with Crippen LogP contribution in [-0.4, -0.2) is 21.9 Å². The number of H-pyrrole nitrogens is 1. The molecule has 0 saturated carbocycles. The fraction of sp³-hybridized carbons (Fsp3) is 0.300. The van der Waals surface area contributed by atoms with Crippen LogP contribution >= 0.6 is 12.2 Å². The third kappa shape index (κ3) is 3.16. The molecule has 1 heterocycles. The van der Waals surface area contributed by atoms with Crippen molar-refractivity contribution in [2.24, 2.45) is 5.73 Å². The number of nitrogens with one attached hydrogen (secondary N) is 2. The average Bonchev–Trinajstić information content (AvgIpc) is 2.25. The van der Waals surface area contributed by atoms with E-state index >= 15 is 0 Å². The van der Waals surface area contributed by atoms with E-state index in [1.165, 1.54) is 18.2 Å². The number of rotatable bonds is 4. The second-order valence-electron chi connectivity index (χ2n) is 3.27. The van der Waals surface area contributed by atoms with Crippen LogP contribution in [0.2, 0.25) is 0 Å². The molecule has 0 aromatic carbocycles. The monoisotopic (exact) mass is 239 g/mol. The van der Waals surface area contributed by atoms with Crippen molar-refractivity contribution in [1.82, 2.24) is 10.3 Å². The number of carbonyl (C=O) groups is 1. The zero-order chi connectivity index (χ0) is 12.1. The van der Waals surface area contributed by atoms with Gasteiger partial charge in [-0.25, -0.2) is 0 Å². The molecule has 1 aromatic heterocycles. The van der Waals surface area contributed by atoms with E-state index in [4.69, 9.17) is 18.0 Å². The molecule has 1 amide bonds. The largest absolute Gasteiger partial charge is 0.392 e. The second kappa shape index (κ2) is 5.41. The summed E-state index contributed by atoms with van der Waals surface area (Å²) in [4.78, 5) is 25.3. The van der Waals surface area contributed by atoms with Gasteiger partial charge in [-0.05, 0) is 12.5 Å². The first-order valence-electron chi connectivity index (χ1n) is 4.84. The molecule has 0 aliphatic rings. The molecule has 0 aliphatic carbocycles. The van der Waals surface area contributed by atoms with Gasteiger partial charge in [-0.1, -0.05) is 25.2 Å². The Morgan fingerprint density at radius 3 is 2.81 bits per heavy atom. The molecule has 1 rings (SSSR count). The average molecular weight is 239 g/mol. The Hall–Kier alpha value is -1.69. The van der Waals surface area contributed by atoms with Gasteiger partial charge < -0.3 is 16.0 Å². The summed E-state index contributed by atoms with van der Waals surface area (Å²) < 4.78 is 0. The molecule has 0 aliphatic heterocycles. The summed E-state index contributed by atoms with van der Waals surface area (Å²) in [5.41, 5.74) is 5.32. The minimum atomic E-state index is -0.391. The highest BCUT2D eigenvalue weighted by Gasteiger charge is 2.14. The minimum Gasteiger partial charge on any atom is -0.392 e. The summed E-state index contributed by atoms with van der Waals surface area (Å²) in [6.07, 6.45) is 0.609. The van der Waals surface area contributed by atoms with Crippen LogP contribution in [-0.2, 0) is 0 Å². The number of nitrogens with two attached hydrogens (primary N) is 1. The fourth-order valence-electron chi connectivity index (χ4n) is 1.19. The van der Waals surface area contributed by atoms with Gasteiger partial charge in [-0.2, -0.15) is 0 Å². The van der Waals surface area contributed by atoms with E-state index in [1.54, 1.807) is 0 Å². The number of hydrogen-bond acceptors (Lipinski definition) is 3. The molecule has 0 bridgehead atoms. The van der Waals surface area contributed by atoms with Crippen LogP contribution < -0.4 is 16.6 Å². The Morgan fingerprint density at radius 2 is 2.31 bits per heavy atom. The smallest absolute Gasteiger partial charge is 0.268 e. The van der Waals surface area contributed by atoms with Crippen LogP contribution in [0.1, 0.15) is 23.8 Å². The number of aromatic amines is 1. The van der Waals surface area contributed by atoms with Gasteiger partial charge in [0, 0.05) is 6.07 Å². The summed E-state index contributed by atoms with van der Waals surface area (Å²) >= 11 is 4.80. The predicted octanol–water partition coefficient (Wildman–Crippen LogP) is 0.169. The van der Waals surface area contributed by atoms with Crippen LogP contribution in [0.4, 0.5) is 0 Å². The van der Waals surface area contributed by atoms with Gasteiger partial charge >= 0.3 is 0 Å². The van der Waals surface area contributed by atoms with Crippen molar-refractivity contribution in [2.45, 2.75) is 19.4 Å². The standard InChI is InChI=1S/C10H13N3O2S/c1-2-6(9(11)16)13-10(15)7-4-3-5-8(14)12-7/h3-6H,2H2,1H3,(H2,11,16)(H,12,14)(H,13,15). The Morgan fingerprint density at radius 1 is 1.62 bits per heavy atom. The van der Waals surface area contributed by atoms with Crippen molar-refractivity contribution in [3.63, 3.8) is 0 Å². The number of pyridine rings is 1. The SMILES string of the molecule is CCC(NC(=O)c1cccc(=O)[nH]1)C(N)=S. The summed E-state index contributed by atoms with van der Waals surface area (Å²) in [6, 6.07) is 4.01. The normalized spacial score (nSPS) is 11.8. The molecule has 86 valence electrons. The van der Waals surface area contributed by atoms with Crippen molar-refractivity contribution in [3.05, 3.63) is 34.2 Å².